The Bertz CT molecular complexity index is 250. The summed E-state index contributed by atoms with van der Waals surface area (Å²) >= 11 is 0. The molecule has 0 saturated heterocycles. The van der Waals surface area contributed by atoms with Crippen LogP contribution >= 0.6 is 0 Å². The monoisotopic (exact) mass is 170 g/mol. The van der Waals surface area contributed by atoms with Crippen LogP contribution in [0.15, 0.2) is 23.8 Å². The molecular formula is C8H10O4. The largest absolute Gasteiger partial charge is 0.477 e. The minimum atomic E-state index is -2.70. The number of hydrogen-bond acceptors (Lipinski definition) is 3. The molecular weight excluding hydrogens is 160 g/mol. The normalized spacial score (nSPS) is 17.3. The van der Waals surface area contributed by atoms with Gasteiger partial charge >= 0.3 is 5.97 Å². The van der Waals surface area contributed by atoms with Crippen molar-refractivity contribution in [2.24, 2.45) is 0 Å². The maximum absolute atomic E-state index is 10.4. The van der Waals surface area contributed by atoms with Gasteiger partial charge in [0.25, 0.3) is 5.79 Å². The van der Waals surface area contributed by atoms with E-state index >= 15 is 0 Å². The van der Waals surface area contributed by atoms with Crippen LogP contribution in [0.4, 0.5) is 0 Å². The predicted molar refractivity (Wildman–Crippen MR) is 41.3 cm³/mol. The molecule has 0 unspecified atom stereocenters. The van der Waals surface area contributed by atoms with Gasteiger partial charge in [-0.25, -0.2) is 4.79 Å². The first-order valence-electron chi connectivity index (χ1n) is 3.59. The van der Waals surface area contributed by atoms with Crippen molar-refractivity contribution >= 4 is 5.97 Å². The van der Waals surface area contributed by atoms with Crippen molar-refractivity contribution in [3.8, 4) is 0 Å². The van der Waals surface area contributed by atoms with Crippen LogP contribution in [0, 0.1) is 0 Å². The van der Waals surface area contributed by atoms with Crippen LogP contribution in [0.5, 0.6) is 0 Å². The van der Waals surface area contributed by atoms with E-state index in [1.54, 1.807) is 6.08 Å². The zero-order chi connectivity index (χ0) is 9.19. The number of aliphatic hydroxyl groups is 2. The molecule has 1 aliphatic carbocycles. The molecule has 66 valence electrons. The molecule has 0 saturated carbocycles. The summed E-state index contributed by atoms with van der Waals surface area (Å²) in [6.07, 6.45) is 5.87. The Morgan fingerprint density at radius 3 is 2.58 bits per heavy atom. The van der Waals surface area contributed by atoms with Crippen molar-refractivity contribution in [1.29, 1.82) is 0 Å². The third kappa shape index (κ3) is 1.54. The van der Waals surface area contributed by atoms with E-state index in [0.717, 1.165) is 0 Å². The van der Waals surface area contributed by atoms with Crippen molar-refractivity contribution in [1.82, 2.24) is 0 Å². The molecule has 0 atom stereocenters. The number of carboxylic acid groups (broad SMARTS) is 1. The molecule has 12 heavy (non-hydrogen) atoms. The molecule has 0 aromatic carbocycles. The minimum absolute atomic E-state index is 0.123. The second-order valence-electron chi connectivity index (χ2n) is 2.64. The van der Waals surface area contributed by atoms with E-state index < -0.39 is 11.8 Å². The fourth-order valence-electron chi connectivity index (χ4n) is 1.03. The van der Waals surface area contributed by atoms with Gasteiger partial charge in [0.15, 0.2) is 0 Å². The fraction of sp³-hybridized carbons (Fsp3) is 0.375. The van der Waals surface area contributed by atoms with Crippen molar-refractivity contribution in [3.05, 3.63) is 23.8 Å². The highest BCUT2D eigenvalue weighted by molar-refractivity contribution is 5.79. The lowest BCUT2D eigenvalue weighted by Gasteiger charge is -2.20. The molecule has 1 aliphatic rings. The maximum Gasteiger partial charge on any atom is 0.368 e. The highest BCUT2D eigenvalue weighted by atomic mass is 16.5. The Morgan fingerprint density at radius 1 is 1.50 bits per heavy atom. The molecule has 0 spiro atoms. The lowest BCUT2D eigenvalue weighted by molar-refractivity contribution is -0.190. The molecule has 0 amide bonds. The molecule has 0 aromatic heterocycles. The summed E-state index contributed by atoms with van der Waals surface area (Å²) in [5.74, 6) is -4.34. The predicted octanol–water partition coefficient (Wildman–Crippen LogP) is 0.0283. The highest BCUT2D eigenvalue weighted by Crippen LogP contribution is 2.22. The third-order valence-corrected chi connectivity index (χ3v) is 1.76. The SMILES string of the molecule is O=C(O)C(O)(O)C1=CC=CCC1. The summed E-state index contributed by atoms with van der Waals surface area (Å²) in [6.45, 7) is 0. The zero-order valence-corrected chi connectivity index (χ0v) is 6.40. The van der Waals surface area contributed by atoms with E-state index in [9.17, 15) is 4.79 Å². The first-order chi connectivity index (χ1) is 5.55. The van der Waals surface area contributed by atoms with Crippen molar-refractivity contribution < 1.29 is 20.1 Å². The van der Waals surface area contributed by atoms with E-state index in [1.165, 1.54) is 6.08 Å². The Balaban J connectivity index is 2.87. The van der Waals surface area contributed by atoms with Crippen LogP contribution in [0.25, 0.3) is 0 Å². The first kappa shape index (κ1) is 8.96. The second kappa shape index (κ2) is 3.08. The Hall–Kier alpha value is -1.13. The van der Waals surface area contributed by atoms with Gasteiger partial charge in [-0.15, -0.1) is 0 Å². The standard InChI is InChI=1S/C8H10O4/c9-7(10)8(11,12)6-4-2-1-3-5-6/h1-2,4,11-12H,3,5H2,(H,9,10). The first-order valence-corrected chi connectivity index (χ1v) is 3.59. The van der Waals surface area contributed by atoms with Gasteiger partial charge < -0.3 is 15.3 Å². The Kier molecular flexibility index (Phi) is 2.30. The maximum atomic E-state index is 10.4. The average molecular weight is 170 g/mol. The average Bonchev–Trinajstić information content (AvgIpc) is 2.06. The van der Waals surface area contributed by atoms with Crippen LogP contribution in [-0.4, -0.2) is 27.1 Å². The lowest BCUT2D eigenvalue weighted by atomic mass is 9.97. The van der Waals surface area contributed by atoms with E-state index in [4.69, 9.17) is 15.3 Å². The van der Waals surface area contributed by atoms with E-state index in [-0.39, 0.29) is 5.57 Å². The van der Waals surface area contributed by atoms with Gasteiger partial charge in [-0.3, -0.25) is 0 Å². The Morgan fingerprint density at radius 2 is 2.17 bits per heavy atom. The molecule has 4 heteroatoms. The Labute approximate surface area is 69.5 Å². The highest BCUT2D eigenvalue weighted by Gasteiger charge is 2.37. The number of allylic oxidation sites excluding steroid dienone is 3. The van der Waals surface area contributed by atoms with Crippen LogP contribution in [0.1, 0.15) is 12.8 Å². The van der Waals surface area contributed by atoms with Crippen LogP contribution < -0.4 is 0 Å². The molecule has 0 fully saturated rings. The van der Waals surface area contributed by atoms with Gasteiger partial charge in [0.05, 0.1) is 0 Å². The number of hydrogen-bond donors (Lipinski definition) is 3. The summed E-state index contributed by atoms with van der Waals surface area (Å²) in [5, 5.41) is 26.6. The van der Waals surface area contributed by atoms with Gasteiger partial charge in [-0.1, -0.05) is 18.2 Å². The molecule has 3 N–H and O–H groups in total. The van der Waals surface area contributed by atoms with Crippen molar-refractivity contribution in [2.45, 2.75) is 18.6 Å². The molecule has 0 bridgehead atoms. The summed E-state index contributed by atoms with van der Waals surface area (Å²) in [6, 6.07) is 0. The number of rotatable bonds is 2. The molecule has 1 rings (SSSR count). The van der Waals surface area contributed by atoms with Crippen molar-refractivity contribution in [3.63, 3.8) is 0 Å². The van der Waals surface area contributed by atoms with E-state index in [1.807, 2.05) is 6.08 Å². The van der Waals surface area contributed by atoms with E-state index in [2.05, 4.69) is 0 Å². The van der Waals surface area contributed by atoms with Crippen LogP contribution in [0.2, 0.25) is 0 Å². The van der Waals surface area contributed by atoms with Crippen LogP contribution in [0.3, 0.4) is 0 Å². The summed E-state index contributed by atoms with van der Waals surface area (Å²) < 4.78 is 0. The molecule has 0 heterocycles. The molecule has 0 radical (unpaired) electrons. The van der Waals surface area contributed by atoms with Gasteiger partial charge in [0, 0.05) is 5.57 Å². The molecule has 0 aliphatic heterocycles. The third-order valence-electron chi connectivity index (χ3n) is 1.76. The van der Waals surface area contributed by atoms with Gasteiger partial charge in [-0.05, 0) is 12.8 Å². The summed E-state index contributed by atoms with van der Waals surface area (Å²) in [4.78, 5) is 10.4. The fourth-order valence-corrected chi connectivity index (χ4v) is 1.03. The summed E-state index contributed by atoms with van der Waals surface area (Å²) in [7, 11) is 0. The number of carbonyl (C=O) groups is 1. The quantitative estimate of drug-likeness (QED) is 0.511. The smallest absolute Gasteiger partial charge is 0.368 e. The van der Waals surface area contributed by atoms with Crippen molar-refractivity contribution in [2.75, 3.05) is 0 Å². The molecule has 4 nitrogen and oxygen atoms in total. The second-order valence-corrected chi connectivity index (χ2v) is 2.64. The lowest BCUT2D eigenvalue weighted by Crippen LogP contribution is -2.40. The topological polar surface area (TPSA) is 77.8 Å². The van der Waals surface area contributed by atoms with Crippen LogP contribution in [-0.2, 0) is 4.79 Å². The van der Waals surface area contributed by atoms with Gasteiger partial charge in [-0.2, -0.15) is 0 Å². The summed E-state index contributed by atoms with van der Waals surface area (Å²) in [5.41, 5.74) is 0.123. The number of aliphatic carboxylic acids is 1. The zero-order valence-electron chi connectivity index (χ0n) is 6.40. The minimum Gasteiger partial charge on any atom is -0.477 e. The molecule has 0 aromatic rings. The van der Waals surface area contributed by atoms with E-state index in [0.29, 0.717) is 12.8 Å². The van der Waals surface area contributed by atoms with Gasteiger partial charge in [0.2, 0.25) is 0 Å². The number of carboxylic acids is 1. The van der Waals surface area contributed by atoms with Gasteiger partial charge in [0.1, 0.15) is 0 Å².